The number of hydrogen-bond donors (Lipinski definition) is 1. The Hall–Kier alpha value is -0.0700. The number of rotatable bonds is 2. The molecule has 0 aromatic carbocycles. The fourth-order valence-corrected chi connectivity index (χ4v) is 1.08. The molecule has 0 aliphatic heterocycles. The molecule has 78 valence electrons. The van der Waals surface area contributed by atoms with Crippen LogP contribution in [0.5, 0.6) is 0 Å². The molecule has 0 aromatic heterocycles. The van der Waals surface area contributed by atoms with Crippen LogP contribution >= 0.6 is 24.0 Å². The minimum absolute atomic E-state index is 0. The van der Waals surface area contributed by atoms with Crippen molar-refractivity contribution in [1.29, 1.82) is 0 Å². The summed E-state index contributed by atoms with van der Waals surface area (Å²) in [6, 6.07) is 0. The van der Waals surface area contributed by atoms with Crippen LogP contribution in [0.3, 0.4) is 0 Å². The van der Waals surface area contributed by atoms with Crippen molar-refractivity contribution in [3.63, 3.8) is 0 Å². The van der Waals surface area contributed by atoms with Crippen LogP contribution in [0.25, 0.3) is 0 Å². The zero-order chi connectivity index (χ0) is 9.19. The lowest BCUT2D eigenvalue weighted by Crippen LogP contribution is -2.38. The van der Waals surface area contributed by atoms with Crippen molar-refractivity contribution in [2.24, 2.45) is 10.7 Å². The van der Waals surface area contributed by atoms with E-state index in [1.54, 1.807) is 19.0 Å². The first-order valence-electron chi connectivity index (χ1n) is 4.20. The van der Waals surface area contributed by atoms with Gasteiger partial charge < -0.3 is 10.6 Å². The highest BCUT2D eigenvalue weighted by atomic mass is 127. The summed E-state index contributed by atoms with van der Waals surface area (Å²) in [5.41, 5.74) is 4.46. The monoisotopic (exact) mass is 301 g/mol. The fraction of sp³-hybridized carbons (Fsp3) is 0.875. The van der Waals surface area contributed by atoms with Gasteiger partial charge in [0.25, 0.3) is 0 Å². The van der Waals surface area contributed by atoms with Crippen LogP contribution in [0.15, 0.2) is 4.99 Å². The van der Waals surface area contributed by atoms with Gasteiger partial charge in [-0.1, -0.05) is 0 Å². The summed E-state index contributed by atoms with van der Waals surface area (Å²) in [4.78, 5) is 5.65. The number of hydrogen-bond acceptors (Lipinski definition) is 1. The topological polar surface area (TPSA) is 41.6 Å². The van der Waals surface area contributed by atoms with Gasteiger partial charge in [-0.05, 0) is 19.3 Å². The second-order valence-electron chi connectivity index (χ2n) is 3.57. The third-order valence-corrected chi connectivity index (χ3v) is 2.23. The molecule has 0 atom stereocenters. The van der Waals surface area contributed by atoms with E-state index in [0.717, 1.165) is 6.42 Å². The van der Waals surface area contributed by atoms with Crippen molar-refractivity contribution in [1.82, 2.24) is 4.90 Å². The molecule has 0 saturated heterocycles. The van der Waals surface area contributed by atoms with Gasteiger partial charge in [-0.2, -0.15) is 0 Å². The predicted molar refractivity (Wildman–Crippen MR) is 63.3 cm³/mol. The molecular weight excluding hydrogens is 284 g/mol. The van der Waals surface area contributed by atoms with Crippen LogP contribution in [0, 0.1) is 0 Å². The van der Waals surface area contributed by atoms with E-state index in [-0.39, 0.29) is 30.5 Å². The van der Waals surface area contributed by atoms with Crippen molar-refractivity contribution in [3.05, 3.63) is 0 Å². The Balaban J connectivity index is 0.00000144. The van der Waals surface area contributed by atoms with E-state index in [9.17, 15) is 4.39 Å². The molecule has 1 rings (SSSR count). The molecule has 0 spiro atoms. The van der Waals surface area contributed by atoms with E-state index >= 15 is 0 Å². The molecule has 1 aliphatic carbocycles. The van der Waals surface area contributed by atoms with Crippen LogP contribution in [-0.2, 0) is 0 Å². The SMILES string of the molecule is CN(C)C(N)=NCC1(F)CCC1.I. The maximum atomic E-state index is 13.3. The van der Waals surface area contributed by atoms with Crippen LogP contribution in [0.4, 0.5) is 4.39 Å². The Morgan fingerprint density at radius 2 is 2.08 bits per heavy atom. The van der Waals surface area contributed by atoms with Gasteiger partial charge in [-0.25, -0.2) is 9.38 Å². The van der Waals surface area contributed by atoms with Gasteiger partial charge in [-0.15, -0.1) is 24.0 Å². The second kappa shape index (κ2) is 4.97. The molecule has 0 unspecified atom stereocenters. The van der Waals surface area contributed by atoms with Crippen LogP contribution in [-0.4, -0.2) is 37.2 Å². The first-order valence-corrected chi connectivity index (χ1v) is 4.20. The Morgan fingerprint density at radius 3 is 2.38 bits per heavy atom. The average Bonchev–Trinajstić information content (AvgIpc) is 1.96. The molecular formula is C8H17FIN3. The zero-order valence-corrected chi connectivity index (χ0v) is 10.4. The number of guanidine groups is 1. The molecule has 1 fully saturated rings. The first-order chi connectivity index (χ1) is 5.53. The van der Waals surface area contributed by atoms with Gasteiger partial charge in [0.15, 0.2) is 5.96 Å². The quantitative estimate of drug-likeness (QED) is 0.475. The highest BCUT2D eigenvalue weighted by molar-refractivity contribution is 14.0. The number of nitrogens with two attached hydrogens (primary N) is 1. The van der Waals surface area contributed by atoms with Gasteiger partial charge in [0, 0.05) is 14.1 Å². The van der Waals surface area contributed by atoms with Crippen molar-refractivity contribution < 1.29 is 4.39 Å². The zero-order valence-electron chi connectivity index (χ0n) is 8.09. The summed E-state index contributed by atoms with van der Waals surface area (Å²) >= 11 is 0. The standard InChI is InChI=1S/C8H16FN3.HI/c1-12(2)7(10)11-6-8(9)4-3-5-8;/h3-6H2,1-2H3,(H2,10,11);1H. The molecule has 0 bridgehead atoms. The molecule has 13 heavy (non-hydrogen) atoms. The summed E-state index contributed by atoms with van der Waals surface area (Å²) in [5.74, 6) is 0.402. The van der Waals surface area contributed by atoms with Crippen molar-refractivity contribution >= 4 is 29.9 Å². The molecule has 5 heteroatoms. The normalized spacial score (nSPS) is 20.1. The van der Waals surface area contributed by atoms with E-state index in [1.807, 2.05) is 0 Å². The van der Waals surface area contributed by atoms with Crippen LogP contribution < -0.4 is 5.73 Å². The summed E-state index contributed by atoms with van der Waals surface area (Å²) in [6.45, 7) is 0.219. The smallest absolute Gasteiger partial charge is 0.190 e. The minimum atomic E-state index is -1.05. The summed E-state index contributed by atoms with van der Waals surface area (Å²) < 4.78 is 13.3. The van der Waals surface area contributed by atoms with E-state index in [0.29, 0.717) is 18.8 Å². The molecule has 0 heterocycles. The number of aliphatic imine (C=N–C) groups is 1. The first kappa shape index (κ1) is 12.9. The molecule has 0 radical (unpaired) electrons. The fourth-order valence-electron chi connectivity index (χ4n) is 1.08. The number of nitrogens with zero attached hydrogens (tertiary/aromatic N) is 2. The Labute approximate surface area is 95.6 Å². The summed E-state index contributed by atoms with van der Waals surface area (Å²) in [5, 5.41) is 0. The minimum Gasteiger partial charge on any atom is -0.370 e. The van der Waals surface area contributed by atoms with Crippen LogP contribution in [0.1, 0.15) is 19.3 Å². The Kier molecular flexibility index (Phi) is 4.95. The van der Waals surface area contributed by atoms with Gasteiger partial charge in [0.05, 0.1) is 6.54 Å². The Bertz CT molecular complexity index is 190. The molecule has 0 amide bonds. The van der Waals surface area contributed by atoms with E-state index in [1.165, 1.54) is 0 Å². The van der Waals surface area contributed by atoms with Gasteiger partial charge >= 0.3 is 0 Å². The largest absolute Gasteiger partial charge is 0.370 e. The van der Waals surface area contributed by atoms with Crippen molar-refractivity contribution in [3.8, 4) is 0 Å². The molecule has 0 aromatic rings. The van der Waals surface area contributed by atoms with E-state index in [4.69, 9.17) is 5.73 Å². The van der Waals surface area contributed by atoms with Gasteiger partial charge in [0.2, 0.25) is 0 Å². The molecule has 2 N–H and O–H groups in total. The second-order valence-corrected chi connectivity index (χ2v) is 3.57. The maximum Gasteiger partial charge on any atom is 0.190 e. The highest BCUT2D eigenvalue weighted by Crippen LogP contribution is 2.35. The highest BCUT2D eigenvalue weighted by Gasteiger charge is 2.36. The Morgan fingerprint density at radius 1 is 1.54 bits per heavy atom. The van der Waals surface area contributed by atoms with Crippen molar-refractivity contribution in [2.75, 3.05) is 20.6 Å². The lowest BCUT2D eigenvalue weighted by molar-refractivity contribution is 0.0739. The molecule has 1 aliphatic rings. The third-order valence-electron chi connectivity index (χ3n) is 2.23. The number of alkyl halides is 1. The third kappa shape index (κ3) is 3.66. The van der Waals surface area contributed by atoms with E-state index in [2.05, 4.69) is 4.99 Å². The van der Waals surface area contributed by atoms with Gasteiger partial charge in [-0.3, -0.25) is 0 Å². The summed E-state index contributed by atoms with van der Waals surface area (Å²) in [6.07, 6.45) is 2.25. The van der Waals surface area contributed by atoms with Gasteiger partial charge in [0.1, 0.15) is 5.67 Å². The van der Waals surface area contributed by atoms with E-state index < -0.39 is 5.67 Å². The molecule has 3 nitrogen and oxygen atoms in total. The lowest BCUT2D eigenvalue weighted by atomic mass is 9.82. The van der Waals surface area contributed by atoms with Crippen molar-refractivity contribution in [2.45, 2.75) is 24.9 Å². The summed E-state index contributed by atoms with van der Waals surface area (Å²) in [7, 11) is 3.59. The number of halogens is 2. The van der Waals surface area contributed by atoms with Crippen LogP contribution in [0.2, 0.25) is 0 Å². The average molecular weight is 301 g/mol. The maximum absolute atomic E-state index is 13.3. The molecule has 1 saturated carbocycles. The predicted octanol–water partition coefficient (Wildman–Crippen LogP) is 1.37. The lowest BCUT2D eigenvalue weighted by Gasteiger charge is -2.32.